The average molecular weight is 314 g/mol. The largest absolute Gasteiger partial charge is 0.484 e. The first kappa shape index (κ1) is 15.0. The molecule has 1 N–H and O–H groups in total. The van der Waals surface area contributed by atoms with Gasteiger partial charge in [-0.05, 0) is 44.9 Å². The van der Waals surface area contributed by atoms with Crippen LogP contribution < -0.4 is 15.0 Å². The first-order valence-corrected chi connectivity index (χ1v) is 7.14. The van der Waals surface area contributed by atoms with Gasteiger partial charge in [0, 0.05) is 11.7 Å². The van der Waals surface area contributed by atoms with E-state index < -0.39 is 12.1 Å². The van der Waals surface area contributed by atoms with Crippen molar-refractivity contribution in [3.63, 3.8) is 0 Å². The number of amides is 1. The number of nitrogens with zero attached hydrogens (tertiary/aromatic N) is 1. The normalized spacial score (nSPS) is 20.1. The number of rotatable bonds is 2. The van der Waals surface area contributed by atoms with E-state index in [0.717, 1.165) is 18.5 Å². The zero-order valence-corrected chi connectivity index (χ0v) is 12.3. The second kappa shape index (κ2) is 4.79. The number of halogens is 3. The third-order valence-corrected chi connectivity index (χ3v) is 3.71. The lowest BCUT2D eigenvalue weighted by Gasteiger charge is -2.41. The minimum absolute atomic E-state index is 0.120. The fraction of sp³-hybridized carbons (Fsp3) is 0.533. The summed E-state index contributed by atoms with van der Waals surface area (Å²) in [6, 6.07) is 4.98. The predicted molar refractivity (Wildman–Crippen MR) is 76.2 cm³/mol. The number of nitrogens with one attached hydrogen (secondary N) is 1. The molecule has 1 aromatic rings. The standard InChI is InChI=1S/C15H17F3N2O2/c1-14(2)8-20(10-4-5-10)11-7-9(3-6-12(11)22-14)19-13(21)15(16,17)18/h3,6-7,10H,4-5,8H2,1-2H3,(H,19,21). The Kier molecular flexibility index (Phi) is 3.27. The fourth-order valence-corrected chi connectivity index (χ4v) is 2.65. The molecule has 120 valence electrons. The second-order valence-corrected chi connectivity index (χ2v) is 6.36. The van der Waals surface area contributed by atoms with Gasteiger partial charge in [-0.15, -0.1) is 0 Å². The first-order chi connectivity index (χ1) is 10.2. The SMILES string of the molecule is CC1(C)CN(C2CC2)c2cc(NC(=O)C(F)(F)F)ccc2O1. The van der Waals surface area contributed by atoms with Crippen LogP contribution in [0.2, 0.25) is 0 Å². The molecule has 0 atom stereocenters. The van der Waals surface area contributed by atoms with Crippen LogP contribution in [0.15, 0.2) is 18.2 Å². The van der Waals surface area contributed by atoms with Crippen molar-refractivity contribution < 1.29 is 22.7 Å². The molecule has 0 bridgehead atoms. The summed E-state index contributed by atoms with van der Waals surface area (Å²) in [5, 5.41) is 1.89. The number of benzene rings is 1. The van der Waals surface area contributed by atoms with Gasteiger partial charge in [0.1, 0.15) is 11.4 Å². The van der Waals surface area contributed by atoms with E-state index in [1.54, 1.807) is 12.1 Å². The molecule has 1 saturated carbocycles. The minimum atomic E-state index is -4.90. The first-order valence-electron chi connectivity index (χ1n) is 7.14. The van der Waals surface area contributed by atoms with Gasteiger partial charge in [0.05, 0.1) is 12.2 Å². The minimum Gasteiger partial charge on any atom is -0.484 e. The summed E-state index contributed by atoms with van der Waals surface area (Å²) in [6.45, 7) is 4.62. The van der Waals surface area contributed by atoms with E-state index in [9.17, 15) is 18.0 Å². The van der Waals surface area contributed by atoms with Crippen LogP contribution in [0, 0.1) is 0 Å². The van der Waals surface area contributed by atoms with Gasteiger partial charge in [-0.3, -0.25) is 4.79 Å². The number of hydrogen-bond acceptors (Lipinski definition) is 3. The molecule has 0 radical (unpaired) electrons. The van der Waals surface area contributed by atoms with Crippen molar-refractivity contribution in [2.75, 3.05) is 16.8 Å². The van der Waals surface area contributed by atoms with Crippen LogP contribution in [0.3, 0.4) is 0 Å². The lowest BCUT2D eigenvalue weighted by molar-refractivity contribution is -0.167. The number of carbonyl (C=O) groups excluding carboxylic acids is 1. The number of ether oxygens (including phenoxy) is 1. The highest BCUT2D eigenvalue weighted by Gasteiger charge is 2.41. The van der Waals surface area contributed by atoms with Crippen LogP contribution >= 0.6 is 0 Å². The van der Waals surface area contributed by atoms with E-state index >= 15 is 0 Å². The van der Waals surface area contributed by atoms with E-state index in [0.29, 0.717) is 18.3 Å². The van der Waals surface area contributed by atoms with Crippen LogP contribution in [0.4, 0.5) is 24.5 Å². The third-order valence-electron chi connectivity index (χ3n) is 3.71. The van der Waals surface area contributed by atoms with Crippen molar-refractivity contribution in [1.29, 1.82) is 0 Å². The lowest BCUT2D eigenvalue weighted by atomic mass is 10.0. The van der Waals surface area contributed by atoms with Crippen molar-refractivity contribution in [2.45, 2.75) is 44.5 Å². The van der Waals surface area contributed by atoms with E-state index in [1.807, 2.05) is 19.2 Å². The number of fused-ring (bicyclic) bond motifs is 1. The highest BCUT2D eigenvalue weighted by Crippen LogP contribution is 2.44. The van der Waals surface area contributed by atoms with Crippen molar-refractivity contribution >= 4 is 17.3 Å². The molecule has 1 fully saturated rings. The predicted octanol–water partition coefficient (Wildman–Crippen LogP) is 3.33. The molecule has 1 heterocycles. The summed E-state index contributed by atoms with van der Waals surface area (Å²) < 4.78 is 42.9. The maximum Gasteiger partial charge on any atom is 0.471 e. The highest BCUT2D eigenvalue weighted by molar-refractivity contribution is 5.95. The van der Waals surface area contributed by atoms with Gasteiger partial charge in [-0.1, -0.05) is 0 Å². The van der Waals surface area contributed by atoms with Gasteiger partial charge in [-0.2, -0.15) is 13.2 Å². The topological polar surface area (TPSA) is 41.6 Å². The molecular formula is C15H17F3N2O2. The van der Waals surface area contributed by atoms with Crippen LogP contribution in [0.1, 0.15) is 26.7 Å². The Labute approximate surface area is 126 Å². The van der Waals surface area contributed by atoms with Crippen molar-refractivity contribution in [3.8, 4) is 5.75 Å². The Morgan fingerprint density at radius 1 is 1.36 bits per heavy atom. The zero-order valence-electron chi connectivity index (χ0n) is 12.3. The summed E-state index contributed by atoms with van der Waals surface area (Å²) in [7, 11) is 0. The maximum absolute atomic E-state index is 12.3. The molecule has 1 aliphatic heterocycles. The number of carbonyl (C=O) groups is 1. The molecule has 22 heavy (non-hydrogen) atoms. The quantitative estimate of drug-likeness (QED) is 0.910. The summed E-state index contributed by atoms with van der Waals surface area (Å²) in [5.74, 6) is -1.34. The van der Waals surface area contributed by atoms with Gasteiger partial charge in [0.25, 0.3) is 0 Å². The molecule has 7 heteroatoms. The summed E-state index contributed by atoms with van der Waals surface area (Å²) >= 11 is 0. The van der Waals surface area contributed by atoms with Gasteiger partial charge in [0.15, 0.2) is 0 Å². The summed E-state index contributed by atoms with van der Waals surface area (Å²) in [5.41, 5.74) is 0.503. The van der Waals surface area contributed by atoms with E-state index in [1.165, 1.54) is 6.07 Å². The lowest BCUT2D eigenvalue weighted by Crippen LogP contribution is -2.47. The van der Waals surface area contributed by atoms with Crippen molar-refractivity contribution in [3.05, 3.63) is 18.2 Å². The van der Waals surface area contributed by atoms with E-state index in [4.69, 9.17) is 4.74 Å². The number of hydrogen-bond donors (Lipinski definition) is 1. The van der Waals surface area contributed by atoms with Gasteiger partial charge < -0.3 is 15.0 Å². The molecule has 0 saturated heterocycles. The molecule has 2 aliphatic rings. The third kappa shape index (κ3) is 2.98. The van der Waals surface area contributed by atoms with Crippen molar-refractivity contribution in [2.24, 2.45) is 0 Å². The van der Waals surface area contributed by atoms with E-state index in [2.05, 4.69) is 4.90 Å². The maximum atomic E-state index is 12.3. The molecular weight excluding hydrogens is 297 g/mol. The zero-order chi connectivity index (χ0) is 16.1. The highest BCUT2D eigenvalue weighted by atomic mass is 19.4. The smallest absolute Gasteiger partial charge is 0.471 e. The molecule has 1 aliphatic carbocycles. The average Bonchev–Trinajstić information content (AvgIpc) is 3.20. The molecule has 0 unspecified atom stereocenters. The monoisotopic (exact) mass is 314 g/mol. The Morgan fingerprint density at radius 3 is 2.64 bits per heavy atom. The van der Waals surface area contributed by atoms with Crippen LogP contribution in [-0.2, 0) is 4.79 Å². The van der Waals surface area contributed by atoms with Crippen LogP contribution in [-0.4, -0.2) is 30.3 Å². The van der Waals surface area contributed by atoms with E-state index in [-0.39, 0.29) is 11.3 Å². The number of anilines is 2. The Hall–Kier alpha value is -1.92. The van der Waals surface area contributed by atoms with Gasteiger partial charge >= 0.3 is 12.1 Å². The molecule has 4 nitrogen and oxygen atoms in total. The number of alkyl halides is 3. The summed E-state index contributed by atoms with van der Waals surface area (Å²) in [4.78, 5) is 13.2. The van der Waals surface area contributed by atoms with Crippen LogP contribution in [0.5, 0.6) is 5.75 Å². The molecule has 0 aromatic heterocycles. The molecule has 0 spiro atoms. The molecule has 1 aromatic carbocycles. The van der Waals surface area contributed by atoms with Crippen LogP contribution in [0.25, 0.3) is 0 Å². The molecule has 1 amide bonds. The summed E-state index contributed by atoms with van der Waals surface area (Å²) in [6.07, 6.45) is -2.77. The van der Waals surface area contributed by atoms with Crippen molar-refractivity contribution in [1.82, 2.24) is 0 Å². The second-order valence-electron chi connectivity index (χ2n) is 6.36. The fourth-order valence-electron chi connectivity index (χ4n) is 2.65. The Balaban J connectivity index is 1.89. The van der Waals surface area contributed by atoms with Gasteiger partial charge in [-0.25, -0.2) is 0 Å². The molecule has 3 rings (SSSR count). The van der Waals surface area contributed by atoms with Gasteiger partial charge in [0.2, 0.25) is 0 Å². The Morgan fingerprint density at radius 2 is 2.05 bits per heavy atom. The Bertz CT molecular complexity index is 609.